The number of likely N-dealkylation sites (tertiary alicyclic amines) is 1. The van der Waals surface area contributed by atoms with Gasteiger partial charge in [-0.2, -0.15) is 5.26 Å². The highest BCUT2D eigenvalue weighted by molar-refractivity contribution is 5.80. The second kappa shape index (κ2) is 8.58. The minimum atomic E-state index is -0.438. The Morgan fingerprint density at radius 3 is 2.75 bits per heavy atom. The summed E-state index contributed by atoms with van der Waals surface area (Å²) >= 11 is 0. The maximum absolute atomic E-state index is 13.2. The summed E-state index contributed by atoms with van der Waals surface area (Å²) in [6, 6.07) is 2.77. The summed E-state index contributed by atoms with van der Waals surface area (Å²) in [4.78, 5) is 18.0. The Morgan fingerprint density at radius 1 is 1.39 bits per heavy atom. The normalized spacial score (nSPS) is 29.7. The van der Waals surface area contributed by atoms with Crippen molar-refractivity contribution in [2.75, 3.05) is 6.54 Å². The van der Waals surface area contributed by atoms with Crippen molar-refractivity contribution in [3.05, 3.63) is 24.3 Å². The van der Waals surface area contributed by atoms with Crippen molar-refractivity contribution in [2.24, 2.45) is 0 Å². The number of carbonyl (C=O) groups excluding carboxylic acids is 1. The molecule has 2 aliphatic rings. The van der Waals surface area contributed by atoms with Gasteiger partial charge in [-0.15, -0.1) is 6.42 Å². The van der Waals surface area contributed by atoms with Gasteiger partial charge in [0, 0.05) is 11.6 Å². The topological polar surface area (TPSA) is 78.2 Å². The Morgan fingerprint density at radius 2 is 2.11 bits per heavy atom. The van der Waals surface area contributed by atoms with Crippen LogP contribution in [0.3, 0.4) is 0 Å². The van der Waals surface area contributed by atoms with Crippen LogP contribution in [0.1, 0.15) is 45.4 Å². The van der Waals surface area contributed by atoms with E-state index in [1.807, 2.05) is 0 Å². The van der Waals surface area contributed by atoms with Crippen molar-refractivity contribution >= 4 is 5.91 Å². The Bertz CT molecular complexity index is 770. The minimum Gasteiger partial charge on any atom is -0.489 e. The van der Waals surface area contributed by atoms with E-state index >= 15 is 0 Å². The summed E-state index contributed by atoms with van der Waals surface area (Å²) in [6.07, 6.45) is 12.7. The smallest absolute Gasteiger partial charge is 0.238 e. The number of hydrogen-bond donors (Lipinski definition) is 1. The van der Waals surface area contributed by atoms with Gasteiger partial charge in [0.15, 0.2) is 0 Å². The van der Waals surface area contributed by atoms with E-state index in [4.69, 9.17) is 11.2 Å². The highest BCUT2D eigenvalue weighted by Gasteiger charge is 2.37. The zero-order valence-electron chi connectivity index (χ0n) is 16.0. The second-order valence-corrected chi connectivity index (χ2v) is 7.78. The van der Waals surface area contributed by atoms with Crippen LogP contribution in [0, 0.1) is 29.5 Å². The van der Waals surface area contributed by atoms with E-state index in [0.717, 1.165) is 31.9 Å². The Balaban J connectivity index is 1.50. The molecular weight excluding hydrogens is 359 g/mol. The van der Waals surface area contributed by atoms with Gasteiger partial charge < -0.3 is 15.0 Å². The number of nitriles is 1. The highest BCUT2D eigenvalue weighted by Crippen LogP contribution is 2.31. The minimum absolute atomic E-state index is 0.00143. The van der Waals surface area contributed by atoms with Gasteiger partial charge in [-0.3, -0.25) is 9.78 Å². The number of carbonyl (C=O) groups is 1. The summed E-state index contributed by atoms with van der Waals surface area (Å²) in [5.74, 6) is 2.51. The number of hydrogen-bond acceptors (Lipinski definition) is 5. The van der Waals surface area contributed by atoms with E-state index in [1.54, 1.807) is 4.90 Å². The molecule has 2 fully saturated rings. The van der Waals surface area contributed by atoms with Crippen LogP contribution < -0.4 is 10.1 Å². The number of amides is 1. The van der Waals surface area contributed by atoms with Gasteiger partial charge in [0.1, 0.15) is 17.6 Å². The number of ether oxygens (including phenoxy) is 1. The predicted molar refractivity (Wildman–Crippen MR) is 102 cm³/mol. The fourth-order valence-corrected chi connectivity index (χ4v) is 4.00. The summed E-state index contributed by atoms with van der Waals surface area (Å²) in [6.45, 7) is 2.25. The monoisotopic (exact) mass is 384 g/mol. The summed E-state index contributed by atoms with van der Waals surface area (Å²) < 4.78 is 19.1. The number of nitrogens with one attached hydrogen (secondary N) is 1. The second-order valence-electron chi connectivity index (χ2n) is 7.78. The molecule has 0 bridgehead atoms. The fourth-order valence-electron chi connectivity index (χ4n) is 4.00. The summed E-state index contributed by atoms with van der Waals surface area (Å²) in [5.41, 5.74) is -0.191. The number of nitrogens with zero attached hydrogens (tertiary/aromatic N) is 3. The van der Waals surface area contributed by atoms with Crippen LogP contribution in [0.2, 0.25) is 0 Å². The zero-order valence-corrected chi connectivity index (χ0v) is 16.0. The van der Waals surface area contributed by atoms with E-state index in [0.29, 0.717) is 18.6 Å². The molecule has 7 heteroatoms. The first-order valence-electron chi connectivity index (χ1n) is 9.63. The van der Waals surface area contributed by atoms with Gasteiger partial charge in [0.05, 0.1) is 37.2 Å². The van der Waals surface area contributed by atoms with Crippen molar-refractivity contribution in [1.82, 2.24) is 15.2 Å². The number of aromatic nitrogens is 1. The van der Waals surface area contributed by atoms with Crippen molar-refractivity contribution in [3.8, 4) is 24.2 Å². The van der Waals surface area contributed by atoms with Gasteiger partial charge in [-0.1, -0.05) is 5.92 Å². The van der Waals surface area contributed by atoms with Crippen LogP contribution in [0.4, 0.5) is 4.39 Å². The molecule has 6 nitrogen and oxygen atoms in total. The molecule has 1 aromatic rings. The average Bonchev–Trinajstić information content (AvgIpc) is 3.11. The van der Waals surface area contributed by atoms with Crippen molar-refractivity contribution in [1.29, 1.82) is 5.26 Å². The molecule has 1 amide bonds. The first kappa shape index (κ1) is 20.1. The largest absolute Gasteiger partial charge is 0.489 e. The fraction of sp³-hybridized carbons (Fsp3) is 0.571. The zero-order chi connectivity index (χ0) is 20.1. The van der Waals surface area contributed by atoms with Crippen LogP contribution in [-0.2, 0) is 4.79 Å². The SMILES string of the molecule is C#C[C@H]1CC[C@@H](C#N)N1C(=O)CNC1(C)CCC(Oc2cncc(F)c2)CC1. The molecule has 0 aromatic carbocycles. The third kappa shape index (κ3) is 4.61. The van der Waals surface area contributed by atoms with Crippen LogP contribution in [0.25, 0.3) is 0 Å². The predicted octanol–water partition coefficient (Wildman–Crippen LogP) is 2.41. The molecule has 1 N–H and O–H groups in total. The maximum atomic E-state index is 13.2. The van der Waals surface area contributed by atoms with Crippen molar-refractivity contribution in [3.63, 3.8) is 0 Å². The van der Waals surface area contributed by atoms with Crippen LogP contribution in [0.15, 0.2) is 18.5 Å². The Hall–Kier alpha value is -2.64. The quantitative estimate of drug-likeness (QED) is 0.789. The van der Waals surface area contributed by atoms with Gasteiger partial charge in [0.2, 0.25) is 5.91 Å². The molecule has 2 heterocycles. The first-order valence-corrected chi connectivity index (χ1v) is 9.63. The van der Waals surface area contributed by atoms with Crippen molar-refractivity contribution < 1.29 is 13.9 Å². The maximum Gasteiger partial charge on any atom is 0.238 e. The molecule has 1 aliphatic carbocycles. The van der Waals surface area contributed by atoms with E-state index in [2.05, 4.69) is 29.2 Å². The molecule has 0 radical (unpaired) electrons. The number of rotatable bonds is 5. The highest BCUT2D eigenvalue weighted by atomic mass is 19.1. The molecule has 148 valence electrons. The third-order valence-electron chi connectivity index (χ3n) is 5.70. The lowest BCUT2D eigenvalue weighted by Gasteiger charge is -2.38. The molecule has 0 unspecified atom stereocenters. The molecule has 1 saturated carbocycles. The number of halogens is 1. The lowest BCUT2D eigenvalue weighted by Crippen LogP contribution is -2.52. The van der Waals surface area contributed by atoms with E-state index in [9.17, 15) is 14.4 Å². The number of pyridine rings is 1. The molecule has 1 aliphatic heterocycles. The summed E-state index contributed by atoms with van der Waals surface area (Å²) in [7, 11) is 0. The molecule has 28 heavy (non-hydrogen) atoms. The van der Waals surface area contributed by atoms with Crippen LogP contribution in [-0.4, -0.2) is 46.1 Å². The molecule has 1 saturated heterocycles. The van der Waals surface area contributed by atoms with E-state index < -0.39 is 11.9 Å². The standard InChI is InChI=1S/C21H25FN4O2/c1-3-16-4-5-17(11-23)26(16)20(27)14-25-21(2)8-6-18(7-9-21)28-19-10-15(22)12-24-13-19/h1,10,12-13,16-18,25H,4-9,14H2,2H3/t16-,17-,18?,21?/m0/s1. The van der Waals surface area contributed by atoms with E-state index in [1.165, 1.54) is 12.3 Å². The molecule has 0 spiro atoms. The lowest BCUT2D eigenvalue weighted by atomic mass is 9.82. The van der Waals surface area contributed by atoms with Gasteiger partial charge in [0.25, 0.3) is 0 Å². The van der Waals surface area contributed by atoms with Gasteiger partial charge >= 0.3 is 0 Å². The van der Waals surface area contributed by atoms with Gasteiger partial charge in [-0.25, -0.2) is 4.39 Å². The van der Waals surface area contributed by atoms with Crippen LogP contribution in [0.5, 0.6) is 5.75 Å². The average molecular weight is 384 g/mol. The summed E-state index contributed by atoms with van der Waals surface area (Å²) in [5, 5.41) is 12.6. The first-order chi connectivity index (χ1) is 13.4. The van der Waals surface area contributed by atoms with Gasteiger partial charge in [-0.05, 0) is 45.4 Å². The van der Waals surface area contributed by atoms with Crippen molar-refractivity contribution in [2.45, 2.75) is 69.2 Å². The van der Waals surface area contributed by atoms with E-state index in [-0.39, 0.29) is 30.1 Å². The third-order valence-corrected chi connectivity index (χ3v) is 5.70. The lowest BCUT2D eigenvalue weighted by molar-refractivity contribution is -0.131. The molecule has 2 atom stereocenters. The van der Waals surface area contributed by atoms with Crippen LogP contribution >= 0.6 is 0 Å². The molecule has 1 aromatic heterocycles. The number of terminal acetylenes is 1. The molecular formula is C21H25FN4O2. The molecule has 3 rings (SSSR count). The Kier molecular flexibility index (Phi) is 6.16. The Labute approximate surface area is 165 Å².